The molecule has 3 N–H and O–H groups in total. The third kappa shape index (κ3) is 2.90. The van der Waals surface area contributed by atoms with E-state index in [1.807, 2.05) is 24.5 Å². The van der Waals surface area contributed by atoms with E-state index >= 15 is 0 Å². The monoisotopic (exact) mass is 256 g/mol. The number of anilines is 1. The van der Waals surface area contributed by atoms with Crippen LogP contribution in [0.5, 0.6) is 0 Å². The summed E-state index contributed by atoms with van der Waals surface area (Å²) < 4.78 is 0. The van der Waals surface area contributed by atoms with Gasteiger partial charge in [0, 0.05) is 29.8 Å². The zero-order chi connectivity index (χ0) is 13.7. The van der Waals surface area contributed by atoms with Crippen LogP contribution in [0.1, 0.15) is 36.7 Å². The second kappa shape index (κ2) is 6.29. The predicted octanol–water partition coefficient (Wildman–Crippen LogP) is 2.32. The molecule has 0 radical (unpaired) electrons. The van der Waals surface area contributed by atoms with E-state index in [9.17, 15) is 0 Å². The van der Waals surface area contributed by atoms with Crippen molar-refractivity contribution >= 4 is 5.69 Å². The lowest BCUT2D eigenvalue weighted by Crippen LogP contribution is -2.25. The second-order valence-electron chi connectivity index (χ2n) is 4.40. The molecule has 0 saturated carbocycles. The van der Waals surface area contributed by atoms with Gasteiger partial charge in [-0.25, -0.2) is 0 Å². The van der Waals surface area contributed by atoms with Crippen LogP contribution in [0.3, 0.4) is 0 Å². The lowest BCUT2D eigenvalue weighted by molar-refractivity contribution is 0.609. The SMILES string of the molecule is CCNC(c1cnccc1N)c1ncccc1CC. The van der Waals surface area contributed by atoms with Crippen molar-refractivity contribution in [2.45, 2.75) is 26.3 Å². The Labute approximate surface area is 114 Å². The molecule has 2 rings (SSSR count). The van der Waals surface area contributed by atoms with Gasteiger partial charge in [-0.1, -0.05) is 19.9 Å². The Morgan fingerprint density at radius 2 is 2.11 bits per heavy atom. The first-order valence-corrected chi connectivity index (χ1v) is 6.64. The first-order chi connectivity index (χ1) is 9.27. The molecule has 4 nitrogen and oxygen atoms in total. The number of aryl methyl sites for hydroxylation is 1. The molecule has 0 aliphatic heterocycles. The van der Waals surface area contributed by atoms with E-state index in [1.165, 1.54) is 5.56 Å². The van der Waals surface area contributed by atoms with Crippen LogP contribution in [-0.4, -0.2) is 16.5 Å². The van der Waals surface area contributed by atoms with Crippen molar-refractivity contribution in [3.05, 3.63) is 53.6 Å². The number of hydrogen-bond acceptors (Lipinski definition) is 4. The Bertz CT molecular complexity index is 539. The molecule has 0 aliphatic rings. The van der Waals surface area contributed by atoms with E-state index in [0.29, 0.717) is 0 Å². The summed E-state index contributed by atoms with van der Waals surface area (Å²) >= 11 is 0. The summed E-state index contributed by atoms with van der Waals surface area (Å²) in [6.07, 6.45) is 6.30. The third-order valence-electron chi connectivity index (χ3n) is 3.19. The number of rotatable bonds is 5. The van der Waals surface area contributed by atoms with Gasteiger partial charge in [-0.15, -0.1) is 0 Å². The van der Waals surface area contributed by atoms with Crippen LogP contribution in [0, 0.1) is 0 Å². The molecular weight excluding hydrogens is 236 g/mol. The summed E-state index contributed by atoms with van der Waals surface area (Å²) in [6, 6.07) is 5.90. The fourth-order valence-electron chi connectivity index (χ4n) is 2.23. The van der Waals surface area contributed by atoms with Crippen molar-refractivity contribution < 1.29 is 0 Å². The molecule has 0 saturated heterocycles. The number of nitrogens with zero attached hydrogens (tertiary/aromatic N) is 2. The van der Waals surface area contributed by atoms with Crippen molar-refractivity contribution in [1.29, 1.82) is 0 Å². The quantitative estimate of drug-likeness (QED) is 0.861. The van der Waals surface area contributed by atoms with Crippen molar-refractivity contribution in [3.8, 4) is 0 Å². The summed E-state index contributed by atoms with van der Waals surface area (Å²) in [5, 5.41) is 3.45. The average molecular weight is 256 g/mol. The van der Waals surface area contributed by atoms with E-state index in [1.54, 1.807) is 6.20 Å². The lowest BCUT2D eigenvalue weighted by atomic mass is 9.98. The average Bonchev–Trinajstić information content (AvgIpc) is 2.46. The summed E-state index contributed by atoms with van der Waals surface area (Å²) in [5.74, 6) is 0. The highest BCUT2D eigenvalue weighted by molar-refractivity contribution is 5.49. The number of nitrogens with one attached hydrogen (secondary N) is 1. The molecule has 4 heteroatoms. The van der Waals surface area contributed by atoms with Crippen molar-refractivity contribution in [3.63, 3.8) is 0 Å². The first kappa shape index (κ1) is 13.5. The molecule has 0 aromatic carbocycles. The van der Waals surface area contributed by atoms with Gasteiger partial charge in [0.15, 0.2) is 0 Å². The van der Waals surface area contributed by atoms with E-state index in [0.717, 1.165) is 29.9 Å². The van der Waals surface area contributed by atoms with Gasteiger partial charge in [-0.05, 0) is 30.7 Å². The highest BCUT2D eigenvalue weighted by atomic mass is 14.9. The number of pyridine rings is 2. The molecule has 2 heterocycles. The maximum Gasteiger partial charge on any atom is 0.0789 e. The fourth-order valence-corrected chi connectivity index (χ4v) is 2.23. The molecule has 1 unspecified atom stereocenters. The molecule has 100 valence electrons. The maximum absolute atomic E-state index is 6.07. The summed E-state index contributed by atoms with van der Waals surface area (Å²) in [7, 11) is 0. The maximum atomic E-state index is 6.07. The van der Waals surface area contributed by atoms with Gasteiger partial charge in [0.05, 0.1) is 11.7 Å². The second-order valence-corrected chi connectivity index (χ2v) is 4.40. The molecule has 0 aliphatic carbocycles. The van der Waals surface area contributed by atoms with Crippen molar-refractivity contribution in [1.82, 2.24) is 15.3 Å². The van der Waals surface area contributed by atoms with Crippen LogP contribution < -0.4 is 11.1 Å². The molecule has 1 atom stereocenters. The van der Waals surface area contributed by atoms with E-state index < -0.39 is 0 Å². The zero-order valence-electron chi connectivity index (χ0n) is 11.4. The standard InChI is InChI=1S/C15H20N4/c1-3-11-6-5-8-19-14(11)15(18-4-2)12-10-17-9-7-13(12)16/h5-10,15,18H,3-4H2,1-2H3,(H2,16,17). The molecule has 0 fully saturated rings. The Hall–Kier alpha value is -1.94. The minimum Gasteiger partial charge on any atom is -0.398 e. The van der Waals surface area contributed by atoms with Crippen LogP contribution in [0.25, 0.3) is 0 Å². The van der Waals surface area contributed by atoms with E-state index in [-0.39, 0.29) is 6.04 Å². The van der Waals surface area contributed by atoms with E-state index in [2.05, 4.69) is 35.2 Å². The highest BCUT2D eigenvalue weighted by Gasteiger charge is 2.19. The van der Waals surface area contributed by atoms with Gasteiger partial charge < -0.3 is 11.1 Å². The van der Waals surface area contributed by atoms with Gasteiger partial charge in [-0.3, -0.25) is 9.97 Å². The van der Waals surface area contributed by atoms with Crippen LogP contribution in [-0.2, 0) is 6.42 Å². The Balaban J connectivity index is 2.49. The van der Waals surface area contributed by atoms with Crippen molar-refractivity contribution in [2.24, 2.45) is 0 Å². The van der Waals surface area contributed by atoms with Crippen LogP contribution in [0.2, 0.25) is 0 Å². The first-order valence-electron chi connectivity index (χ1n) is 6.64. The van der Waals surface area contributed by atoms with Crippen LogP contribution in [0.15, 0.2) is 36.8 Å². The lowest BCUT2D eigenvalue weighted by Gasteiger charge is -2.21. The largest absolute Gasteiger partial charge is 0.398 e. The molecule has 0 amide bonds. The number of aromatic nitrogens is 2. The molecule has 19 heavy (non-hydrogen) atoms. The van der Waals surface area contributed by atoms with Gasteiger partial charge in [-0.2, -0.15) is 0 Å². The molecule has 0 spiro atoms. The van der Waals surface area contributed by atoms with Crippen molar-refractivity contribution in [2.75, 3.05) is 12.3 Å². The fraction of sp³-hybridized carbons (Fsp3) is 0.333. The molecular formula is C15H20N4. The topological polar surface area (TPSA) is 63.8 Å². The third-order valence-corrected chi connectivity index (χ3v) is 3.19. The van der Waals surface area contributed by atoms with E-state index in [4.69, 9.17) is 5.73 Å². The Morgan fingerprint density at radius 3 is 2.79 bits per heavy atom. The Kier molecular flexibility index (Phi) is 4.47. The van der Waals surface area contributed by atoms with Gasteiger partial charge >= 0.3 is 0 Å². The molecule has 2 aromatic rings. The minimum atomic E-state index is -0.00477. The number of nitrogen functional groups attached to an aromatic ring is 1. The predicted molar refractivity (Wildman–Crippen MR) is 77.8 cm³/mol. The minimum absolute atomic E-state index is 0.00477. The summed E-state index contributed by atoms with van der Waals surface area (Å²) in [5.41, 5.74) is 10.1. The number of hydrogen-bond donors (Lipinski definition) is 2. The normalized spacial score (nSPS) is 12.3. The van der Waals surface area contributed by atoms with Crippen LogP contribution >= 0.6 is 0 Å². The number of nitrogens with two attached hydrogens (primary N) is 1. The summed E-state index contributed by atoms with van der Waals surface area (Å²) in [6.45, 7) is 5.06. The Morgan fingerprint density at radius 1 is 1.26 bits per heavy atom. The molecule has 0 bridgehead atoms. The van der Waals surface area contributed by atoms with Crippen LogP contribution in [0.4, 0.5) is 5.69 Å². The summed E-state index contributed by atoms with van der Waals surface area (Å²) in [4.78, 5) is 8.72. The van der Waals surface area contributed by atoms with Gasteiger partial charge in [0.1, 0.15) is 0 Å². The highest BCUT2D eigenvalue weighted by Crippen LogP contribution is 2.26. The van der Waals surface area contributed by atoms with Gasteiger partial charge in [0.2, 0.25) is 0 Å². The molecule has 2 aromatic heterocycles. The smallest absolute Gasteiger partial charge is 0.0789 e. The van der Waals surface area contributed by atoms with Gasteiger partial charge in [0.25, 0.3) is 0 Å². The zero-order valence-corrected chi connectivity index (χ0v) is 11.4.